The Hall–Kier alpha value is -1.19. The number of aryl methyl sites for hydroxylation is 2. The van der Waals surface area contributed by atoms with E-state index < -0.39 is 0 Å². The third-order valence-electron chi connectivity index (χ3n) is 5.17. The monoisotopic (exact) mass is 376 g/mol. The summed E-state index contributed by atoms with van der Waals surface area (Å²) in [6, 6.07) is 10.9. The van der Waals surface area contributed by atoms with Crippen LogP contribution in [0.3, 0.4) is 0 Å². The third-order valence-corrected chi connectivity index (χ3v) is 5.90. The number of aliphatic hydroxyl groups excluding tert-OH is 1. The molecule has 4 atom stereocenters. The second-order valence-corrected chi connectivity index (χ2v) is 7.60. The van der Waals surface area contributed by atoms with Crippen LogP contribution >= 0.6 is 9.03 Å². The normalized spacial score (nSPS) is 23.8. The van der Waals surface area contributed by atoms with Gasteiger partial charge in [0.25, 0.3) is 0 Å². The van der Waals surface area contributed by atoms with E-state index in [4.69, 9.17) is 13.8 Å². The van der Waals surface area contributed by atoms with Crippen molar-refractivity contribution in [3.8, 4) is 5.75 Å². The molecule has 0 amide bonds. The van der Waals surface area contributed by atoms with Gasteiger partial charge in [0.05, 0.1) is 18.3 Å². The lowest BCUT2D eigenvalue weighted by Gasteiger charge is -2.31. The number of rotatable bonds is 7. The van der Waals surface area contributed by atoms with E-state index in [2.05, 4.69) is 44.2 Å². The van der Waals surface area contributed by atoms with E-state index in [1.54, 1.807) is 7.11 Å². The molecule has 26 heavy (non-hydrogen) atoms. The Morgan fingerprint density at radius 3 is 2.54 bits per heavy atom. The Bertz CT molecular complexity index is 733. The highest BCUT2D eigenvalue weighted by Crippen LogP contribution is 2.34. The Morgan fingerprint density at radius 2 is 1.81 bits per heavy atom. The van der Waals surface area contributed by atoms with Gasteiger partial charge < -0.3 is 18.9 Å². The maximum absolute atomic E-state index is 9.94. The Kier molecular flexibility index (Phi) is 6.88. The molecular weight excluding hydrogens is 347 g/mol. The van der Waals surface area contributed by atoms with E-state index in [0.717, 1.165) is 25.0 Å². The number of ether oxygens (including phenoxy) is 1. The van der Waals surface area contributed by atoms with Gasteiger partial charge >= 0.3 is 0 Å². The van der Waals surface area contributed by atoms with Gasteiger partial charge in [-0.05, 0) is 53.3 Å². The zero-order valence-corrected chi connectivity index (χ0v) is 16.8. The van der Waals surface area contributed by atoms with Crippen molar-refractivity contribution in [1.82, 2.24) is 0 Å². The molecule has 0 bridgehead atoms. The molecule has 142 valence electrons. The van der Waals surface area contributed by atoms with E-state index in [0.29, 0.717) is 12.8 Å². The molecule has 5 heteroatoms. The third kappa shape index (κ3) is 4.75. The fourth-order valence-corrected chi connectivity index (χ4v) is 4.24. The highest BCUT2D eigenvalue weighted by molar-refractivity contribution is 7.26. The van der Waals surface area contributed by atoms with Crippen LogP contribution < -0.4 is 4.52 Å². The number of methoxy groups -OCH3 is 1. The highest BCUT2D eigenvalue weighted by atomic mass is 31.1. The van der Waals surface area contributed by atoms with E-state index in [1.807, 2.05) is 0 Å². The summed E-state index contributed by atoms with van der Waals surface area (Å²) in [4.78, 5) is 0. The van der Waals surface area contributed by atoms with Crippen molar-refractivity contribution in [2.24, 2.45) is 0 Å². The van der Waals surface area contributed by atoms with Crippen LogP contribution in [0.25, 0.3) is 10.8 Å². The zero-order chi connectivity index (χ0) is 18.5. The van der Waals surface area contributed by atoms with Gasteiger partial charge in [0.2, 0.25) is 9.03 Å². The van der Waals surface area contributed by atoms with Gasteiger partial charge in [-0.2, -0.15) is 0 Å². The average Bonchev–Trinajstić information content (AvgIpc) is 2.66. The van der Waals surface area contributed by atoms with Crippen LogP contribution in [-0.2, 0) is 22.1 Å². The van der Waals surface area contributed by atoms with Gasteiger partial charge in [0.15, 0.2) is 0 Å². The first-order valence-electron chi connectivity index (χ1n) is 9.46. The summed E-state index contributed by atoms with van der Waals surface area (Å²) in [6.45, 7) is 4.32. The molecule has 0 spiro atoms. The average molecular weight is 376 g/mol. The molecule has 1 fully saturated rings. The van der Waals surface area contributed by atoms with Crippen LogP contribution in [0.2, 0.25) is 0 Å². The fraction of sp³-hybridized carbons (Fsp3) is 0.524. The molecule has 1 aliphatic carbocycles. The highest BCUT2D eigenvalue weighted by Gasteiger charge is 2.28. The minimum atomic E-state index is -0.358. The molecule has 1 aliphatic rings. The first-order valence-corrected chi connectivity index (χ1v) is 10.3. The number of aliphatic hydroxyl groups is 1. The minimum Gasteiger partial charge on any atom is -0.449 e. The van der Waals surface area contributed by atoms with Crippen molar-refractivity contribution in [2.75, 3.05) is 7.11 Å². The van der Waals surface area contributed by atoms with Crippen LogP contribution in [0.1, 0.15) is 44.2 Å². The van der Waals surface area contributed by atoms with Crippen LogP contribution in [0.5, 0.6) is 5.75 Å². The van der Waals surface area contributed by atoms with Gasteiger partial charge in [0.1, 0.15) is 5.75 Å². The lowest BCUT2D eigenvalue weighted by molar-refractivity contribution is -0.0324. The zero-order valence-electron chi connectivity index (χ0n) is 15.8. The molecule has 2 aromatic carbocycles. The SMILES string of the molecule is CCc1ccc2cc(OPOC3CC(O)CC(OC)C3)c(CC)cc2c1. The van der Waals surface area contributed by atoms with Gasteiger partial charge in [0, 0.05) is 20.0 Å². The maximum Gasteiger partial charge on any atom is 0.215 e. The second kappa shape index (κ2) is 9.14. The number of hydrogen-bond acceptors (Lipinski definition) is 4. The summed E-state index contributed by atoms with van der Waals surface area (Å²) >= 11 is 0. The van der Waals surface area contributed by atoms with Crippen molar-refractivity contribution in [3.63, 3.8) is 0 Å². The molecule has 2 aromatic rings. The molecule has 3 rings (SSSR count). The van der Waals surface area contributed by atoms with Gasteiger partial charge in [-0.3, -0.25) is 0 Å². The van der Waals surface area contributed by atoms with Crippen molar-refractivity contribution in [2.45, 2.75) is 64.3 Å². The molecule has 0 radical (unpaired) electrons. The Balaban J connectivity index is 1.66. The summed E-state index contributed by atoms with van der Waals surface area (Å²) in [5.41, 5.74) is 2.54. The number of benzene rings is 2. The summed E-state index contributed by atoms with van der Waals surface area (Å²) < 4.78 is 17.3. The Labute approximate surface area is 157 Å². The lowest BCUT2D eigenvalue weighted by Crippen LogP contribution is -2.34. The quantitative estimate of drug-likeness (QED) is 0.706. The van der Waals surface area contributed by atoms with Crippen LogP contribution in [0, 0.1) is 0 Å². The van der Waals surface area contributed by atoms with Crippen LogP contribution in [0.4, 0.5) is 0 Å². The van der Waals surface area contributed by atoms with E-state index in [9.17, 15) is 5.11 Å². The topological polar surface area (TPSA) is 47.9 Å². The smallest absolute Gasteiger partial charge is 0.215 e. The van der Waals surface area contributed by atoms with Crippen LogP contribution in [-0.4, -0.2) is 30.5 Å². The predicted octanol–water partition coefficient (Wildman–Crippen LogP) is 4.80. The summed E-state index contributed by atoms with van der Waals surface area (Å²) in [6.07, 6.45) is 3.79. The van der Waals surface area contributed by atoms with Gasteiger partial charge in [-0.1, -0.05) is 32.0 Å². The number of fused-ring (bicyclic) bond motifs is 1. The van der Waals surface area contributed by atoms with E-state index in [1.165, 1.54) is 21.9 Å². The summed E-state index contributed by atoms with van der Waals surface area (Å²) in [7, 11) is 1.61. The molecule has 0 heterocycles. The minimum absolute atomic E-state index is 0.0142. The molecular formula is C21H29O4P. The van der Waals surface area contributed by atoms with E-state index in [-0.39, 0.29) is 27.3 Å². The van der Waals surface area contributed by atoms with Gasteiger partial charge in [-0.25, -0.2) is 0 Å². The van der Waals surface area contributed by atoms with Crippen molar-refractivity contribution >= 4 is 19.8 Å². The largest absolute Gasteiger partial charge is 0.449 e. The van der Waals surface area contributed by atoms with E-state index >= 15 is 0 Å². The van der Waals surface area contributed by atoms with Crippen molar-refractivity contribution in [1.29, 1.82) is 0 Å². The maximum atomic E-state index is 9.94. The summed E-state index contributed by atoms with van der Waals surface area (Å²) in [5, 5.41) is 12.4. The molecule has 1 saturated carbocycles. The molecule has 0 aliphatic heterocycles. The molecule has 1 N–H and O–H groups in total. The predicted molar refractivity (Wildman–Crippen MR) is 107 cm³/mol. The Morgan fingerprint density at radius 1 is 1.00 bits per heavy atom. The number of hydrogen-bond donors (Lipinski definition) is 1. The first kappa shape index (κ1) is 19.6. The lowest BCUT2D eigenvalue weighted by atomic mass is 9.93. The van der Waals surface area contributed by atoms with Crippen LogP contribution in [0.15, 0.2) is 30.3 Å². The standard InChI is InChI=1S/C21H29O4P/c1-4-14-6-7-16-10-21(15(5-2)9-17(16)8-14)25-26-24-20-12-18(22)11-19(13-20)23-3/h6-10,18-20,22,26H,4-5,11-13H2,1-3H3. The fourth-order valence-electron chi connectivity index (χ4n) is 3.58. The first-order chi connectivity index (χ1) is 12.6. The molecule has 0 saturated heterocycles. The molecule has 4 unspecified atom stereocenters. The molecule has 4 nitrogen and oxygen atoms in total. The molecule has 0 aromatic heterocycles. The summed E-state index contributed by atoms with van der Waals surface area (Å²) in [5.74, 6) is 0.891. The van der Waals surface area contributed by atoms with Crippen molar-refractivity contribution in [3.05, 3.63) is 41.5 Å². The second-order valence-electron chi connectivity index (χ2n) is 6.99. The van der Waals surface area contributed by atoms with Gasteiger partial charge in [-0.15, -0.1) is 0 Å². The van der Waals surface area contributed by atoms with Crippen molar-refractivity contribution < 1.29 is 18.9 Å².